The molecule has 94 valence electrons. The maximum atomic E-state index is 6.06. The van der Waals surface area contributed by atoms with Gasteiger partial charge in [-0.2, -0.15) is 11.8 Å². The van der Waals surface area contributed by atoms with Crippen LogP contribution in [-0.4, -0.2) is 34.6 Å². The van der Waals surface area contributed by atoms with Crippen molar-refractivity contribution in [2.45, 2.75) is 32.2 Å². The van der Waals surface area contributed by atoms with E-state index in [1.165, 1.54) is 17.9 Å². The Kier molecular flexibility index (Phi) is 4.15. The molecule has 1 unspecified atom stereocenters. The minimum Gasteiger partial charge on any atom is -0.356 e. The Hall–Kier alpha value is -0.480. The van der Waals surface area contributed by atoms with E-state index >= 15 is 0 Å². The van der Waals surface area contributed by atoms with Gasteiger partial charge in [-0.1, -0.05) is 25.4 Å². The van der Waals surface area contributed by atoms with Gasteiger partial charge < -0.3 is 4.90 Å². The molecule has 1 fully saturated rings. The number of thioether (sulfide) groups is 1. The highest BCUT2D eigenvalue weighted by Gasteiger charge is 2.22. The third-order valence-electron chi connectivity index (χ3n) is 3.03. The first-order valence-corrected chi connectivity index (χ1v) is 7.46. The van der Waals surface area contributed by atoms with Gasteiger partial charge in [0.25, 0.3) is 0 Å². The fraction of sp³-hybridized carbons (Fsp3) is 0.667. The van der Waals surface area contributed by atoms with Crippen LogP contribution in [0.1, 0.15) is 32.0 Å². The van der Waals surface area contributed by atoms with Crippen molar-refractivity contribution in [2.24, 2.45) is 0 Å². The fourth-order valence-electron chi connectivity index (χ4n) is 1.88. The number of anilines is 1. The van der Waals surface area contributed by atoms with Crippen LogP contribution in [-0.2, 0) is 0 Å². The van der Waals surface area contributed by atoms with Gasteiger partial charge in [0.05, 0.1) is 0 Å². The Morgan fingerprint density at radius 1 is 1.47 bits per heavy atom. The topological polar surface area (TPSA) is 29.0 Å². The van der Waals surface area contributed by atoms with Crippen LogP contribution in [0.2, 0.25) is 5.15 Å². The van der Waals surface area contributed by atoms with E-state index in [0.29, 0.717) is 17.1 Å². The molecule has 5 heteroatoms. The molecule has 1 aromatic heterocycles. The minimum atomic E-state index is 0.304. The summed E-state index contributed by atoms with van der Waals surface area (Å²) in [5.41, 5.74) is 0. The molecular formula is C12H18ClN3S. The molecule has 2 heterocycles. The summed E-state index contributed by atoms with van der Waals surface area (Å²) in [4.78, 5) is 11.1. The van der Waals surface area contributed by atoms with Crippen molar-refractivity contribution in [3.8, 4) is 0 Å². The summed E-state index contributed by atoms with van der Waals surface area (Å²) in [6, 6.07) is 2.43. The number of rotatable bonds is 3. The van der Waals surface area contributed by atoms with Crippen molar-refractivity contribution < 1.29 is 0 Å². The van der Waals surface area contributed by atoms with Gasteiger partial charge in [0, 0.05) is 30.8 Å². The summed E-state index contributed by atoms with van der Waals surface area (Å²) >= 11 is 8.06. The monoisotopic (exact) mass is 271 g/mol. The predicted molar refractivity (Wildman–Crippen MR) is 75.3 cm³/mol. The number of hydrogen-bond acceptors (Lipinski definition) is 4. The molecule has 0 saturated carbocycles. The van der Waals surface area contributed by atoms with Gasteiger partial charge in [0.1, 0.15) is 16.8 Å². The van der Waals surface area contributed by atoms with Gasteiger partial charge in [0.2, 0.25) is 0 Å². The average molecular weight is 272 g/mol. The standard InChI is InChI=1S/C12H18ClN3S/c1-8(2)12-14-10(13)6-11(15-12)16(3)9-4-5-17-7-9/h6,8-9H,4-5,7H2,1-3H3. The lowest BCUT2D eigenvalue weighted by Gasteiger charge is -2.25. The van der Waals surface area contributed by atoms with E-state index in [4.69, 9.17) is 11.6 Å². The lowest BCUT2D eigenvalue weighted by atomic mass is 10.2. The molecule has 1 aliphatic rings. The number of hydrogen-bond donors (Lipinski definition) is 0. The summed E-state index contributed by atoms with van der Waals surface area (Å²) in [6.45, 7) is 4.17. The summed E-state index contributed by atoms with van der Waals surface area (Å²) in [6.07, 6.45) is 1.22. The largest absolute Gasteiger partial charge is 0.356 e. The minimum absolute atomic E-state index is 0.304. The van der Waals surface area contributed by atoms with Crippen LogP contribution in [0, 0.1) is 0 Å². The second-order valence-corrected chi connectivity index (χ2v) is 6.23. The molecule has 0 aliphatic carbocycles. The molecule has 3 nitrogen and oxygen atoms in total. The molecule has 1 aromatic rings. The molecule has 0 radical (unpaired) electrons. The van der Waals surface area contributed by atoms with Crippen LogP contribution in [0.3, 0.4) is 0 Å². The van der Waals surface area contributed by atoms with Gasteiger partial charge in [-0.05, 0) is 12.2 Å². The van der Waals surface area contributed by atoms with Crippen molar-refractivity contribution in [3.05, 3.63) is 17.0 Å². The van der Waals surface area contributed by atoms with E-state index in [1.807, 2.05) is 17.8 Å². The molecule has 1 saturated heterocycles. The molecule has 0 N–H and O–H groups in total. The molecular weight excluding hydrogens is 254 g/mol. The number of halogens is 1. The molecule has 2 rings (SSSR count). The van der Waals surface area contributed by atoms with Crippen molar-refractivity contribution in [1.82, 2.24) is 9.97 Å². The maximum absolute atomic E-state index is 6.06. The fourth-order valence-corrected chi connectivity index (χ4v) is 3.33. The van der Waals surface area contributed by atoms with Crippen molar-refractivity contribution in [3.63, 3.8) is 0 Å². The molecule has 17 heavy (non-hydrogen) atoms. The van der Waals surface area contributed by atoms with E-state index < -0.39 is 0 Å². The zero-order valence-electron chi connectivity index (χ0n) is 10.5. The van der Waals surface area contributed by atoms with E-state index in [0.717, 1.165) is 11.6 Å². The van der Waals surface area contributed by atoms with Gasteiger partial charge in [-0.25, -0.2) is 9.97 Å². The Bertz CT molecular complexity index is 391. The highest BCUT2D eigenvalue weighted by atomic mass is 35.5. The summed E-state index contributed by atoms with van der Waals surface area (Å²) in [7, 11) is 2.10. The number of aromatic nitrogens is 2. The lowest BCUT2D eigenvalue weighted by molar-refractivity contribution is 0.681. The Morgan fingerprint density at radius 3 is 2.82 bits per heavy atom. The van der Waals surface area contributed by atoms with Gasteiger partial charge in [-0.3, -0.25) is 0 Å². The summed E-state index contributed by atoms with van der Waals surface area (Å²) in [5, 5.41) is 0.538. The first kappa shape index (κ1) is 13.0. The highest BCUT2D eigenvalue weighted by Crippen LogP contribution is 2.26. The van der Waals surface area contributed by atoms with Crippen LogP contribution in [0.15, 0.2) is 6.07 Å². The van der Waals surface area contributed by atoms with Crippen LogP contribution >= 0.6 is 23.4 Å². The van der Waals surface area contributed by atoms with E-state index in [1.54, 1.807) is 0 Å². The lowest BCUT2D eigenvalue weighted by Crippen LogP contribution is -2.32. The maximum Gasteiger partial charge on any atom is 0.135 e. The Labute approximate surface area is 112 Å². The summed E-state index contributed by atoms with van der Waals surface area (Å²) in [5.74, 6) is 4.49. The van der Waals surface area contributed by atoms with Gasteiger partial charge in [0.15, 0.2) is 0 Å². The third kappa shape index (κ3) is 3.05. The molecule has 1 atom stereocenters. The van der Waals surface area contributed by atoms with Crippen molar-refractivity contribution in [2.75, 3.05) is 23.5 Å². The quantitative estimate of drug-likeness (QED) is 0.790. The van der Waals surface area contributed by atoms with Crippen molar-refractivity contribution >= 4 is 29.2 Å². The smallest absolute Gasteiger partial charge is 0.135 e. The Balaban J connectivity index is 2.24. The van der Waals surface area contributed by atoms with Crippen LogP contribution in [0.5, 0.6) is 0 Å². The normalized spacial score (nSPS) is 19.9. The van der Waals surface area contributed by atoms with E-state index in [2.05, 4.69) is 35.8 Å². The number of nitrogens with zero attached hydrogens (tertiary/aromatic N) is 3. The molecule has 0 spiro atoms. The van der Waals surface area contributed by atoms with Crippen molar-refractivity contribution in [1.29, 1.82) is 0 Å². The highest BCUT2D eigenvalue weighted by molar-refractivity contribution is 7.99. The zero-order valence-corrected chi connectivity index (χ0v) is 12.1. The molecule has 1 aliphatic heterocycles. The summed E-state index contributed by atoms with van der Waals surface area (Å²) < 4.78 is 0. The van der Waals surface area contributed by atoms with Crippen LogP contribution in [0.4, 0.5) is 5.82 Å². The second kappa shape index (κ2) is 5.44. The predicted octanol–water partition coefficient (Wildman–Crippen LogP) is 3.20. The SMILES string of the molecule is CC(C)c1nc(Cl)cc(N(C)C2CCSC2)n1. The first-order valence-electron chi connectivity index (χ1n) is 5.93. The first-order chi connectivity index (χ1) is 8.08. The molecule has 0 amide bonds. The second-order valence-electron chi connectivity index (χ2n) is 4.69. The zero-order chi connectivity index (χ0) is 12.4. The van der Waals surface area contributed by atoms with Crippen LogP contribution in [0.25, 0.3) is 0 Å². The third-order valence-corrected chi connectivity index (χ3v) is 4.37. The van der Waals surface area contributed by atoms with E-state index in [9.17, 15) is 0 Å². The van der Waals surface area contributed by atoms with E-state index in [-0.39, 0.29) is 0 Å². The average Bonchev–Trinajstić information content (AvgIpc) is 2.80. The van der Waals surface area contributed by atoms with Gasteiger partial charge in [-0.15, -0.1) is 0 Å². The van der Waals surface area contributed by atoms with Gasteiger partial charge >= 0.3 is 0 Å². The van der Waals surface area contributed by atoms with Crippen LogP contribution < -0.4 is 4.90 Å². The molecule has 0 aromatic carbocycles. The molecule has 0 bridgehead atoms. The Morgan fingerprint density at radius 2 is 2.24 bits per heavy atom.